The molecule has 1 N–H and O–H groups in total. The summed E-state index contributed by atoms with van der Waals surface area (Å²) < 4.78 is 12.1. The Kier molecular flexibility index (Phi) is 6.63. The van der Waals surface area contributed by atoms with E-state index in [2.05, 4.69) is 15.3 Å². The Bertz CT molecular complexity index is 1910. The van der Waals surface area contributed by atoms with Gasteiger partial charge in [0.15, 0.2) is 16.7 Å². The first-order valence-electron chi connectivity index (χ1n) is 13.0. The van der Waals surface area contributed by atoms with Crippen LogP contribution in [0, 0.1) is 0 Å². The van der Waals surface area contributed by atoms with Crippen molar-refractivity contribution in [2.24, 2.45) is 9.98 Å². The summed E-state index contributed by atoms with van der Waals surface area (Å²) in [7, 11) is 0. The molecular weight excluding hydrogens is 580 g/mol. The summed E-state index contributed by atoms with van der Waals surface area (Å²) in [6.07, 6.45) is 1.40. The highest BCUT2D eigenvalue weighted by molar-refractivity contribution is 8.13. The number of ether oxygens (including phenoxy) is 2. The minimum atomic E-state index is -0.901. The zero-order valence-corrected chi connectivity index (χ0v) is 23.4. The predicted octanol–water partition coefficient (Wildman–Crippen LogP) is 3.68. The monoisotopic (exact) mass is 600 g/mol. The lowest BCUT2D eigenvalue weighted by atomic mass is 10.1. The highest BCUT2D eigenvalue weighted by Gasteiger charge is 2.42. The van der Waals surface area contributed by atoms with Gasteiger partial charge in [0, 0.05) is 30.1 Å². The van der Waals surface area contributed by atoms with Crippen LogP contribution in [0.5, 0.6) is 11.5 Å². The molecule has 11 nitrogen and oxygen atoms in total. The second-order valence-corrected chi connectivity index (χ2v) is 11.1. The van der Waals surface area contributed by atoms with Gasteiger partial charge < -0.3 is 14.8 Å². The maximum Gasteiger partial charge on any atom is 0.259 e. The van der Waals surface area contributed by atoms with E-state index in [0.717, 1.165) is 5.56 Å². The van der Waals surface area contributed by atoms with Gasteiger partial charge in [-0.05, 0) is 42.0 Å². The Morgan fingerprint density at radius 1 is 1.07 bits per heavy atom. The molecule has 2 aromatic carbocycles. The van der Waals surface area contributed by atoms with Crippen molar-refractivity contribution >= 4 is 57.5 Å². The number of pyridine rings is 1. The first-order valence-corrected chi connectivity index (χ1v) is 14.3. The fourth-order valence-electron chi connectivity index (χ4n) is 4.87. The average Bonchev–Trinajstić information content (AvgIpc) is 3.59. The van der Waals surface area contributed by atoms with E-state index in [4.69, 9.17) is 26.1 Å². The van der Waals surface area contributed by atoms with Crippen LogP contribution in [0.1, 0.15) is 23.2 Å². The van der Waals surface area contributed by atoms with E-state index < -0.39 is 6.04 Å². The number of amidine groups is 2. The zero-order chi connectivity index (χ0) is 28.8. The molecular formula is C29H21ClN6O5S. The third kappa shape index (κ3) is 4.88. The maximum absolute atomic E-state index is 13.6. The number of carbonyl (C=O) groups excluding carboxylic acids is 2. The summed E-state index contributed by atoms with van der Waals surface area (Å²) >= 11 is 7.28. The Labute approximate surface area is 247 Å². The fraction of sp³-hybridized carbons (Fsp3) is 0.172. The molecule has 0 radical (unpaired) electrons. The molecule has 0 fully saturated rings. The van der Waals surface area contributed by atoms with Crippen LogP contribution in [0.15, 0.2) is 81.6 Å². The number of hydrogen-bond donors (Lipinski definition) is 1. The van der Waals surface area contributed by atoms with Crippen molar-refractivity contribution in [3.05, 3.63) is 99.1 Å². The van der Waals surface area contributed by atoms with Gasteiger partial charge in [-0.3, -0.25) is 23.8 Å². The number of para-hydroxylation sites is 1. The topological polar surface area (TPSA) is 127 Å². The van der Waals surface area contributed by atoms with E-state index in [1.54, 1.807) is 18.2 Å². The van der Waals surface area contributed by atoms with Crippen LogP contribution < -0.4 is 20.3 Å². The molecule has 2 amide bonds. The molecule has 5 heterocycles. The molecule has 13 heteroatoms. The number of thioether (sulfide) groups is 1. The molecule has 1 unspecified atom stereocenters. The quantitative estimate of drug-likeness (QED) is 0.358. The summed E-state index contributed by atoms with van der Waals surface area (Å²) in [5.74, 6) is 1.38. The summed E-state index contributed by atoms with van der Waals surface area (Å²) in [6.45, 7) is 0.443. The number of amides is 2. The van der Waals surface area contributed by atoms with Gasteiger partial charge in [-0.15, -0.1) is 0 Å². The van der Waals surface area contributed by atoms with Gasteiger partial charge in [0.2, 0.25) is 12.7 Å². The maximum atomic E-state index is 13.6. The highest BCUT2D eigenvalue weighted by Crippen LogP contribution is 2.35. The lowest BCUT2D eigenvalue weighted by Crippen LogP contribution is -2.42. The summed E-state index contributed by atoms with van der Waals surface area (Å²) in [6, 6.07) is 16.7. The molecule has 210 valence electrons. The van der Waals surface area contributed by atoms with Crippen LogP contribution in [-0.4, -0.2) is 49.9 Å². The molecule has 7 rings (SSSR count). The van der Waals surface area contributed by atoms with Crippen molar-refractivity contribution in [1.82, 2.24) is 19.6 Å². The highest BCUT2D eigenvalue weighted by atomic mass is 35.5. The summed E-state index contributed by atoms with van der Waals surface area (Å²) in [4.78, 5) is 54.5. The number of halogens is 1. The molecule has 0 saturated heterocycles. The number of aromatic nitrogens is 2. The average molecular weight is 601 g/mol. The number of nitrogens with zero attached hydrogens (tertiary/aromatic N) is 5. The van der Waals surface area contributed by atoms with Gasteiger partial charge in [0.05, 0.1) is 22.8 Å². The van der Waals surface area contributed by atoms with Crippen LogP contribution in [-0.2, 0) is 21.9 Å². The SMILES string of the molecule is O=C(CC1N=C2c3ccccc3N=C(SCc3cc(=O)n4cc(Cl)ccc4n3)N2C1=O)NCc1ccc2c(c1)OCO2. The molecule has 0 aliphatic carbocycles. The number of hydrogen-bond acceptors (Lipinski definition) is 9. The van der Waals surface area contributed by atoms with E-state index in [1.165, 1.54) is 33.3 Å². The normalized spacial score (nSPS) is 16.6. The first-order chi connectivity index (χ1) is 20.4. The summed E-state index contributed by atoms with van der Waals surface area (Å²) in [5.41, 5.74) is 2.94. The van der Waals surface area contributed by atoms with Crippen molar-refractivity contribution in [1.29, 1.82) is 0 Å². The third-order valence-corrected chi connectivity index (χ3v) is 8.07. The van der Waals surface area contributed by atoms with E-state index >= 15 is 0 Å². The molecule has 42 heavy (non-hydrogen) atoms. The minimum absolute atomic E-state index is 0.116. The molecule has 3 aliphatic rings. The Morgan fingerprint density at radius 3 is 2.83 bits per heavy atom. The van der Waals surface area contributed by atoms with Gasteiger partial charge in [-0.1, -0.05) is 41.6 Å². The zero-order valence-electron chi connectivity index (χ0n) is 21.8. The number of nitrogens with one attached hydrogen (secondary N) is 1. The molecule has 0 saturated carbocycles. The lowest BCUT2D eigenvalue weighted by Gasteiger charge is -2.25. The standard InChI is InChI=1S/C29H21ClN6O5S/c30-17-6-8-24-32-18(10-26(38)35(24)13-17)14-42-29-34-20-4-2-1-3-19(20)27-33-21(28(39)36(27)29)11-25(37)31-12-16-5-7-22-23(9-16)41-15-40-22/h1-10,13,21H,11-12,14-15H2,(H,31,37). The van der Waals surface area contributed by atoms with Crippen molar-refractivity contribution < 1.29 is 19.1 Å². The molecule has 2 aromatic heterocycles. The number of rotatable bonds is 6. The minimum Gasteiger partial charge on any atom is -0.454 e. The van der Waals surface area contributed by atoms with Gasteiger partial charge in [-0.2, -0.15) is 0 Å². The van der Waals surface area contributed by atoms with E-state index in [0.29, 0.717) is 50.1 Å². The van der Waals surface area contributed by atoms with Crippen LogP contribution in [0.4, 0.5) is 5.69 Å². The third-order valence-electron chi connectivity index (χ3n) is 6.88. The Balaban J connectivity index is 1.08. The van der Waals surface area contributed by atoms with Crippen molar-refractivity contribution in [3.8, 4) is 11.5 Å². The molecule has 1 atom stereocenters. The summed E-state index contributed by atoms with van der Waals surface area (Å²) in [5, 5.41) is 3.69. The molecule has 3 aliphatic heterocycles. The lowest BCUT2D eigenvalue weighted by molar-refractivity contribution is -0.128. The Morgan fingerprint density at radius 2 is 1.93 bits per heavy atom. The number of benzene rings is 2. The second-order valence-electron chi connectivity index (χ2n) is 9.67. The number of fused-ring (bicyclic) bond motifs is 5. The van der Waals surface area contributed by atoms with Gasteiger partial charge >= 0.3 is 0 Å². The van der Waals surface area contributed by atoms with E-state index in [9.17, 15) is 14.4 Å². The molecule has 4 aromatic rings. The van der Waals surface area contributed by atoms with Crippen LogP contribution in [0.25, 0.3) is 5.65 Å². The fourth-order valence-corrected chi connectivity index (χ4v) is 5.92. The second kappa shape index (κ2) is 10.6. The van der Waals surface area contributed by atoms with Crippen LogP contribution >= 0.6 is 23.4 Å². The number of aliphatic imine (C=N–C) groups is 2. The van der Waals surface area contributed by atoms with Crippen molar-refractivity contribution in [2.75, 3.05) is 6.79 Å². The van der Waals surface area contributed by atoms with Gasteiger partial charge in [0.1, 0.15) is 17.5 Å². The number of carbonyl (C=O) groups is 2. The van der Waals surface area contributed by atoms with Gasteiger partial charge in [-0.25, -0.2) is 14.9 Å². The van der Waals surface area contributed by atoms with Crippen molar-refractivity contribution in [2.45, 2.75) is 24.8 Å². The van der Waals surface area contributed by atoms with E-state index in [1.807, 2.05) is 36.4 Å². The largest absolute Gasteiger partial charge is 0.454 e. The van der Waals surface area contributed by atoms with Gasteiger partial charge in [0.25, 0.3) is 11.5 Å². The smallest absolute Gasteiger partial charge is 0.259 e. The predicted molar refractivity (Wildman–Crippen MR) is 158 cm³/mol. The van der Waals surface area contributed by atoms with Crippen molar-refractivity contribution in [3.63, 3.8) is 0 Å². The first kappa shape index (κ1) is 26.2. The Hall–Kier alpha value is -4.68. The van der Waals surface area contributed by atoms with Crippen LogP contribution in [0.2, 0.25) is 5.02 Å². The van der Waals surface area contributed by atoms with E-state index in [-0.39, 0.29) is 42.9 Å². The molecule has 0 bridgehead atoms. The van der Waals surface area contributed by atoms with Crippen LogP contribution in [0.3, 0.4) is 0 Å². The molecule has 0 spiro atoms.